The van der Waals surface area contributed by atoms with Crippen LogP contribution in [0.1, 0.15) is 59.9 Å². The van der Waals surface area contributed by atoms with Crippen molar-refractivity contribution >= 4 is 75.0 Å². The maximum absolute atomic E-state index is 14.5. The molecule has 6 aromatic rings. The molecule has 442 valence electrons. The van der Waals surface area contributed by atoms with Crippen molar-refractivity contribution in [2.24, 2.45) is 13.0 Å². The topological polar surface area (TPSA) is 283 Å². The molecule has 83 heavy (non-hydrogen) atoms. The van der Waals surface area contributed by atoms with Gasteiger partial charge in [0.15, 0.2) is 22.7 Å². The molecule has 5 heterocycles. The quantitative estimate of drug-likeness (QED) is 0.0701. The van der Waals surface area contributed by atoms with Crippen LogP contribution in [0.3, 0.4) is 0 Å². The summed E-state index contributed by atoms with van der Waals surface area (Å²) >= 11 is 0. The Morgan fingerprint density at radius 1 is 0.771 bits per heavy atom. The van der Waals surface area contributed by atoms with Gasteiger partial charge in [-0.1, -0.05) is 24.5 Å². The molecule has 3 fully saturated rings. The number of nitrogens with zero attached hydrogens (tertiary/aromatic N) is 11. The fraction of sp³-hybridized carbons (Fsp3) is 0.474. The summed E-state index contributed by atoms with van der Waals surface area (Å²) in [5.74, 6) is 0.181. The first-order valence-electron chi connectivity index (χ1n) is 27.8. The molecule has 0 spiro atoms. The van der Waals surface area contributed by atoms with E-state index in [1.54, 1.807) is 81.7 Å². The summed E-state index contributed by atoms with van der Waals surface area (Å²) in [6.45, 7) is 5.13. The van der Waals surface area contributed by atoms with Crippen LogP contribution in [0.25, 0.3) is 27.8 Å². The highest BCUT2D eigenvalue weighted by Gasteiger charge is 2.38. The molecular weight excluding hydrogens is 1070 g/mol. The van der Waals surface area contributed by atoms with Crippen molar-refractivity contribution in [3.05, 3.63) is 78.1 Å². The number of likely N-dealkylation sites (N-methyl/N-ethyl adjacent to an activating group) is 1. The Morgan fingerprint density at radius 3 is 2.16 bits per heavy atom. The smallest absolute Gasteiger partial charge is 0.407 e. The van der Waals surface area contributed by atoms with Gasteiger partial charge < -0.3 is 68.9 Å². The van der Waals surface area contributed by atoms with Crippen molar-refractivity contribution in [2.75, 3.05) is 124 Å². The fourth-order valence-electron chi connectivity index (χ4n) is 10.8. The van der Waals surface area contributed by atoms with Crippen molar-refractivity contribution in [3.63, 3.8) is 0 Å². The molecule has 1 saturated carbocycles. The molecule has 0 bridgehead atoms. The van der Waals surface area contributed by atoms with Crippen LogP contribution in [-0.4, -0.2) is 216 Å². The largest absolute Gasteiger partial charge is 0.497 e. The molecule has 26 nitrogen and oxygen atoms in total. The number of rotatable bonds is 22. The lowest BCUT2D eigenvalue weighted by Crippen LogP contribution is -2.59. The van der Waals surface area contributed by atoms with E-state index in [1.165, 1.54) is 21.1 Å². The lowest BCUT2D eigenvalue weighted by molar-refractivity contribution is -0.140. The first kappa shape index (κ1) is 58.9. The first-order chi connectivity index (χ1) is 40.2. The Bertz CT molecular complexity index is 3290. The van der Waals surface area contributed by atoms with E-state index in [0.717, 1.165) is 48.4 Å². The van der Waals surface area contributed by atoms with Gasteiger partial charge in [-0.15, -0.1) is 5.10 Å². The number of carbonyl (C=O) groups excluding carboxylic acids is 5. The van der Waals surface area contributed by atoms with E-state index in [0.29, 0.717) is 77.1 Å². The molecule has 0 unspecified atom stereocenters. The van der Waals surface area contributed by atoms with Gasteiger partial charge in [-0.25, -0.2) is 9.78 Å². The third-order valence-electron chi connectivity index (χ3n) is 15.7. The van der Waals surface area contributed by atoms with E-state index in [4.69, 9.17) is 23.7 Å². The number of anilines is 3. The predicted molar refractivity (Wildman–Crippen MR) is 306 cm³/mol. The van der Waals surface area contributed by atoms with Crippen LogP contribution in [-0.2, 0) is 30.9 Å². The van der Waals surface area contributed by atoms with Crippen LogP contribution in [0.5, 0.6) is 17.2 Å². The summed E-state index contributed by atoms with van der Waals surface area (Å²) in [5, 5.41) is 27.6. The second-order valence-corrected chi connectivity index (χ2v) is 20.6. The van der Waals surface area contributed by atoms with Crippen molar-refractivity contribution in [1.29, 1.82) is 0 Å². The Labute approximate surface area is 479 Å². The van der Waals surface area contributed by atoms with Gasteiger partial charge in [0.05, 0.1) is 64.1 Å². The maximum Gasteiger partial charge on any atom is 0.407 e. The second-order valence-electron chi connectivity index (χ2n) is 20.6. The molecule has 3 aromatic carbocycles. The second kappa shape index (κ2) is 26.9. The number of hydrogen-bond acceptors (Lipinski definition) is 17. The number of aromatic nitrogens is 6. The number of piperazine rings is 2. The van der Waals surface area contributed by atoms with E-state index in [9.17, 15) is 33.9 Å². The number of hydrogen-bond donors (Lipinski definition) is 4. The van der Waals surface area contributed by atoms with Crippen LogP contribution in [0.15, 0.2) is 66.9 Å². The van der Waals surface area contributed by atoms with Gasteiger partial charge in [-0.2, -0.15) is 9.67 Å². The zero-order valence-corrected chi connectivity index (χ0v) is 47.7. The third kappa shape index (κ3) is 13.4. The lowest BCUT2D eigenvalue weighted by atomic mass is 9.83. The highest BCUT2D eigenvalue weighted by Crippen LogP contribution is 2.33. The summed E-state index contributed by atoms with van der Waals surface area (Å²) < 4.78 is 31.0. The van der Waals surface area contributed by atoms with Crippen molar-refractivity contribution < 1.29 is 57.6 Å². The highest BCUT2D eigenvalue weighted by molar-refractivity contribution is 6.16. The fourth-order valence-corrected chi connectivity index (χ4v) is 10.8. The highest BCUT2D eigenvalue weighted by atomic mass is 16.5. The molecule has 0 radical (unpaired) electrons. The normalized spacial score (nSPS) is 15.6. The van der Waals surface area contributed by atoms with Crippen LogP contribution in [0.2, 0.25) is 0 Å². The van der Waals surface area contributed by atoms with Gasteiger partial charge in [0.2, 0.25) is 23.7 Å². The minimum absolute atomic E-state index is 0.0970. The number of ether oxygens (including phenoxy) is 5. The monoisotopic (exact) mass is 1140 g/mol. The van der Waals surface area contributed by atoms with Crippen molar-refractivity contribution in [2.45, 2.75) is 51.1 Å². The summed E-state index contributed by atoms with van der Waals surface area (Å²) in [6.07, 6.45) is 4.76. The van der Waals surface area contributed by atoms with E-state index in [2.05, 4.69) is 41.1 Å². The molecule has 6 amide bonds. The molecule has 2 aliphatic heterocycles. The number of benzene rings is 3. The molecule has 3 aliphatic rings. The molecule has 1 aliphatic carbocycles. The zero-order valence-electron chi connectivity index (χ0n) is 47.7. The number of methoxy groups -OCH3 is 3. The Morgan fingerprint density at radius 2 is 1.46 bits per heavy atom. The molecule has 2 saturated heterocycles. The van der Waals surface area contributed by atoms with Gasteiger partial charge >= 0.3 is 6.09 Å². The van der Waals surface area contributed by atoms with Gasteiger partial charge in [-0.3, -0.25) is 28.9 Å². The average molecular weight is 1150 g/mol. The molecule has 4 N–H and O–H groups in total. The van der Waals surface area contributed by atoms with Gasteiger partial charge in [0.25, 0.3) is 11.8 Å². The minimum Gasteiger partial charge on any atom is -0.497 e. The number of amides is 6. The molecule has 26 heteroatoms. The third-order valence-corrected chi connectivity index (χ3v) is 15.7. The molecular formula is C57H72N14O12. The number of fused-ring (bicyclic) bond motifs is 2. The maximum atomic E-state index is 14.5. The number of carbonyl (C=O) groups is 6. The predicted octanol–water partition coefficient (Wildman–Crippen LogP) is 3.93. The lowest BCUT2D eigenvalue weighted by Gasteiger charge is -2.39. The van der Waals surface area contributed by atoms with E-state index in [1.807, 2.05) is 30.3 Å². The number of aryl methyl sites for hydroxylation is 1. The Kier molecular flexibility index (Phi) is 19.1. The number of nitrogens with one attached hydrogen (secondary N) is 3. The van der Waals surface area contributed by atoms with E-state index in [-0.39, 0.29) is 94.0 Å². The average Bonchev–Trinajstić information content (AvgIpc) is 4.32. The van der Waals surface area contributed by atoms with E-state index < -0.39 is 30.0 Å². The van der Waals surface area contributed by atoms with Crippen LogP contribution >= 0.6 is 0 Å². The Hall–Kier alpha value is -8.78. The molecule has 9 rings (SSSR count). The SMILES string of the molecule is COc1ccc2c(C(=O)NCCOCCOCC(=O)N3CCN(c4ccc(Nc5ncc6nnn(-c7ccc(OC)c(OC)c7)c6n5)cc4)CC3)c(C(=O)N3CCN(C(=O)[C@@H](NC(=O)[C@H](C)N(C)C(=O)O)C4CCCCC4)CC3)n(C)c2c1. The van der Waals surface area contributed by atoms with Crippen LogP contribution in [0.4, 0.5) is 22.1 Å². The summed E-state index contributed by atoms with van der Waals surface area (Å²) in [5.41, 5.74) is 4.52. The molecule has 3 aromatic heterocycles. The van der Waals surface area contributed by atoms with Crippen molar-refractivity contribution in [1.82, 2.24) is 59.8 Å². The van der Waals surface area contributed by atoms with Crippen LogP contribution in [0, 0.1) is 5.92 Å². The molecule has 2 atom stereocenters. The van der Waals surface area contributed by atoms with Crippen LogP contribution < -0.4 is 35.1 Å². The standard InChI is InChI=1S/C57H72N14O12/c1-36(65(2)57(77)78)52(73)61-49(37-10-8-7-9-11-37)54(75)69-25-27-70(28-26-69)55(76)50-48(42-18-17-41(79-4)33-44(42)66(50)3)53(74)58-20-29-82-30-31-83-35-47(72)68-23-21-67(22-24-68)39-14-12-38(13-15-39)60-56-59-34-43-51(62-56)71(64-63-43)40-16-19-45(80-5)46(32-40)81-6/h12-19,32-34,36-37,49H,7-11,20-31,35H2,1-6H3,(H,58,74)(H,61,73)(H,77,78)(H,59,60,62)/t36-,49-/m0/s1. The summed E-state index contributed by atoms with van der Waals surface area (Å²) in [7, 11) is 7.71. The van der Waals surface area contributed by atoms with E-state index >= 15 is 0 Å². The number of carboxylic acid groups (broad SMARTS) is 1. The summed E-state index contributed by atoms with van der Waals surface area (Å²) in [4.78, 5) is 98.0. The van der Waals surface area contributed by atoms with Gasteiger partial charge in [0.1, 0.15) is 30.1 Å². The van der Waals surface area contributed by atoms with Gasteiger partial charge in [-0.05, 0) is 74.2 Å². The summed E-state index contributed by atoms with van der Waals surface area (Å²) in [6, 6.07) is 16.7. The minimum atomic E-state index is -1.25. The first-order valence-corrected chi connectivity index (χ1v) is 27.8. The van der Waals surface area contributed by atoms with Crippen molar-refractivity contribution in [3.8, 4) is 22.9 Å². The van der Waals surface area contributed by atoms with Gasteiger partial charge in [0, 0.05) is 102 Å². The Balaban J connectivity index is 0.708. The zero-order chi connectivity index (χ0) is 58.7.